The summed E-state index contributed by atoms with van der Waals surface area (Å²) in [6, 6.07) is 1.10. The summed E-state index contributed by atoms with van der Waals surface area (Å²) in [6.07, 6.45) is -3.45. The Kier molecular flexibility index (Phi) is 4.28. The Labute approximate surface area is 96.2 Å². The average molecular weight is 251 g/mol. The van der Waals surface area contributed by atoms with E-state index >= 15 is 0 Å². The Morgan fingerprint density at radius 1 is 1.41 bits per heavy atom. The normalized spacial score (nSPS) is 11.6. The monoisotopic (exact) mass is 251 g/mol. The average Bonchev–Trinajstić information content (AvgIpc) is 2.24. The Balaban J connectivity index is 3.03. The summed E-state index contributed by atoms with van der Waals surface area (Å²) < 4.78 is 49.8. The third-order valence-electron chi connectivity index (χ3n) is 2.18. The molecule has 1 rings (SSSR count). The van der Waals surface area contributed by atoms with E-state index in [4.69, 9.17) is 5.73 Å². The van der Waals surface area contributed by atoms with Crippen LogP contribution in [0.5, 0.6) is 0 Å². The van der Waals surface area contributed by atoms with Crippen molar-refractivity contribution in [1.29, 1.82) is 0 Å². The lowest BCUT2D eigenvalue weighted by Crippen LogP contribution is -2.35. The van der Waals surface area contributed by atoms with E-state index in [1.54, 1.807) is 6.92 Å². The Morgan fingerprint density at radius 2 is 2.06 bits per heavy atom. The number of nitrogens with zero attached hydrogens (tertiary/aromatic N) is 2. The molecule has 1 aromatic rings. The van der Waals surface area contributed by atoms with Crippen LogP contribution in [0.15, 0.2) is 12.3 Å². The molecule has 0 aromatic carbocycles. The minimum absolute atomic E-state index is 0.0611. The van der Waals surface area contributed by atoms with Crippen molar-refractivity contribution >= 4 is 5.82 Å². The smallest absolute Gasteiger partial charge is 0.348 e. The predicted molar refractivity (Wildman–Crippen MR) is 56.0 cm³/mol. The quantitative estimate of drug-likeness (QED) is 0.833. The van der Waals surface area contributed by atoms with Crippen LogP contribution in [0.1, 0.15) is 12.5 Å². The van der Waals surface area contributed by atoms with Gasteiger partial charge in [0.05, 0.1) is 6.20 Å². The zero-order valence-corrected chi connectivity index (χ0v) is 9.26. The third kappa shape index (κ3) is 3.85. The first-order chi connectivity index (χ1) is 7.87. The maximum absolute atomic E-state index is 12.9. The summed E-state index contributed by atoms with van der Waals surface area (Å²) >= 11 is 0. The van der Waals surface area contributed by atoms with E-state index in [-0.39, 0.29) is 24.5 Å². The van der Waals surface area contributed by atoms with Crippen molar-refractivity contribution in [3.05, 3.63) is 23.6 Å². The van der Waals surface area contributed by atoms with Gasteiger partial charge in [-0.25, -0.2) is 9.37 Å². The van der Waals surface area contributed by atoms with Gasteiger partial charge >= 0.3 is 6.18 Å². The number of aromatic nitrogens is 1. The van der Waals surface area contributed by atoms with Gasteiger partial charge < -0.3 is 10.6 Å². The summed E-state index contributed by atoms with van der Waals surface area (Å²) in [5.41, 5.74) is 5.62. The van der Waals surface area contributed by atoms with E-state index < -0.39 is 18.5 Å². The molecule has 0 bridgehead atoms. The molecule has 0 atom stereocenters. The zero-order valence-electron chi connectivity index (χ0n) is 9.26. The van der Waals surface area contributed by atoms with E-state index in [2.05, 4.69) is 4.98 Å². The summed E-state index contributed by atoms with van der Waals surface area (Å²) in [4.78, 5) is 4.69. The van der Waals surface area contributed by atoms with Gasteiger partial charge in [-0.3, -0.25) is 0 Å². The minimum Gasteiger partial charge on any atom is -0.348 e. The fourth-order valence-electron chi connectivity index (χ4n) is 1.46. The number of nitrogens with two attached hydrogens (primary N) is 1. The first-order valence-electron chi connectivity index (χ1n) is 5.03. The molecule has 2 N–H and O–H groups in total. The molecule has 96 valence electrons. The maximum Gasteiger partial charge on any atom is 0.405 e. The molecule has 3 nitrogen and oxygen atoms in total. The molecule has 0 aliphatic rings. The standard InChI is InChI=1S/C10H13F4N3/c1-2-17(6-10(12,13)14)9-7(4-15)3-8(11)5-16-9/h3,5H,2,4,6,15H2,1H3. The SMILES string of the molecule is CCN(CC(F)(F)F)c1ncc(F)cc1CN. The molecule has 17 heavy (non-hydrogen) atoms. The maximum atomic E-state index is 12.9. The first-order valence-corrected chi connectivity index (χ1v) is 5.03. The molecule has 0 fully saturated rings. The van der Waals surface area contributed by atoms with E-state index in [0.29, 0.717) is 0 Å². The van der Waals surface area contributed by atoms with Crippen molar-refractivity contribution < 1.29 is 17.6 Å². The zero-order chi connectivity index (χ0) is 13.1. The highest BCUT2D eigenvalue weighted by Gasteiger charge is 2.31. The van der Waals surface area contributed by atoms with Crippen LogP contribution < -0.4 is 10.6 Å². The van der Waals surface area contributed by atoms with E-state index in [1.165, 1.54) is 0 Å². The lowest BCUT2D eigenvalue weighted by Gasteiger charge is -2.25. The van der Waals surface area contributed by atoms with E-state index in [1.807, 2.05) is 0 Å². The highest BCUT2D eigenvalue weighted by atomic mass is 19.4. The number of hydrogen-bond donors (Lipinski definition) is 1. The second-order valence-electron chi connectivity index (χ2n) is 3.47. The van der Waals surface area contributed by atoms with Crippen LogP contribution in [0, 0.1) is 5.82 Å². The highest BCUT2D eigenvalue weighted by molar-refractivity contribution is 5.47. The molecule has 0 saturated carbocycles. The molecule has 0 amide bonds. The van der Waals surface area contributed by atoms with Crippen LogP contribution in [0.3, 0.4) is 0 Å². The fourth-order valence-corrected chi connectivity index (χ4v) is 1.46. The van der Waals surface area contributed by atoms with Crippen LogP contribution in [0.4, 0.5) is 23.4 Å². The predicted octanol–water partition coefficient (Wildman–Crippen LogP) is 2.07. The van der Waals surface area contributed by atoms with Gasteiger partial charge in [0.1, 0.15) is 18.2 Å². The van der Waals surface area contributed by atoms with Crippen LogP contribution in [0.25, 0.3) is 0 Å². The van der Waals surface area contributed by atoms with E-state index in [0.717, 1.165) is 17.2 Å². The Bertz CT molecular complexity index is 378. The number of pyridine rings is 1. The lowest BCUT2D eigenvalue weighted by atomic mass is 10.2. The van der Waals surface area contributed by atoms with Gasteiger partial charge in [0.2, 0.25) is 0 Å². The lowest BCUT2D eigenvalue weighted by molar-refractivity contribution is -0.119. The molecule has 0 saturated heterocycles. The van der Waals surface area contributed by atoms with Gasteiger partial charge in [0.25, 0.3) is 0 Å². The summed E-state index contributed by atoms with van der Waals surface area (Å²) in [7, 11) is 0. The van der Waals surface area contributed by atoms with Gasteiger partial charge in [-0.1, -0.05) is 0 Å². The van der Waals surface area contributed by atoms with Crippen molar-refractivity contribution in [3.63, 3.8) is 0 Å². The molecule has 0 spiro atoms. The molecule has 0 unspecified atom stereocenters. The molecule has 1 heterocycles. The Morgan fingerprint density at radius 3 is 2.53 bits per heavy atom. The van der Waals surface area contributed by atoms with Crippen LogP contribution in [-0.4, -0.2) is 24.2 Å². The summed E-state index contributed by atoms with van der Waals surface area (Å²) in [6.45, 7) is 0.492. The van der Waals surface area contributed by atoms with Crippen molar-refractivity contribution in [2.24, 2.45) is 5.73 Å². The molecular formula is C10H13F4N3. The minimum atomic E-state index is -4.34. The molecule has 0 aliphatic heterocycles. The van der Waals surface area contributed by atoms with Gasteiger partial charge in [-0.05, 0) is 13.0 Å². The topological polar surface area (TPSA) is 42.2 Å². The fraction of sp³-hybridized carbons (Fsp3) is 0.500. The molecular weight excluding hydrogens is 238 g/mol. The van der Waals surface area contributed by atoms with Crippen LogP contribution >= 0.6 is 0 Å². The largest absolute Gasteiger partial charge is 0.405 e. The Hall–Kier alpha value is -1.37. The van der Waals surface area contributed by atoms with Crippen LogP contribution in [-0.2, 0) is 6.54 Å². The van der Waals surface area contributed by atoms with E-state index in [9.17, 15) is 17.6 Å². The number of anilines is 1. The van der Waals surface area contributed by atoms with Crippen molar-refractivity contribution in [2.75, 3.05) is 18.0 Å². The van der Waals surface area contributed by atoms with Gasteiger partial charge in [0, 0.05) is 18.7 Å². The molecule has 0 radical (unpaired) electrons. The van der Waals surface area contributed by atoms with Crippen LogP contribution in [0.2, 0.25) is 0 Å². The van der Waals surface area contributed by atoms with Crippen molar-refractivity contribution in [2.45, 2.75) is 19.6 Å². The van der Waals surface area contributed by atoms with Crippen molar-refractivity contribution in [1.82, 2.24) is 4.98 Å². The number of rotatable bonds is 4. The molecule has 0 aliphatic carbocycles. The first kappa shape index (κ1) is 13.7. The number of alkyl halides is 3. The second kappa shape index (κ2) is 5.31. The highest BCUT2D eigenvalue weighted by Crippen LogP contribution is 2.23. The second-order valence-corrected chi connectivity index (χ2v) is 3.47. The molecule has 7 heteroatoms. The third-order valence-corrected chi connectivity index (χ3v) is 2.18. The summed E-state index contributed by atoms with van der Waals surface area (Å²) in [5, 5.41) is 0. The van der Waals surface area contributed by atoms with Crippen molar-refractivity contribution in [3.8, 4) is 0 Å². The molecule has 1 aromatic heterocycles. The van der Waals surface area contributed by atoms with Gasteiger partial charge in [-0.15, -0.1) is 0 Å². The number of hydrogen-bond acceptors (Lipinski definition) is 3. The van der Waals surface area contributed by atoms with Gasteiger partial charge in [0.15, 0.2) is 0 Å². The van der Waals surface area contributed by atoms with Gasteiger partial charge in [-0.2, -0.15) is 13.2 Å². The number of halogens is 4. The summed E-state index contributed by atoms with van der Waals surface area (Å²) in [5.74, 6) is -0.536.